The standard InChI is InChI=1S/C53H37N/c1-53(2)46-27-14-28-48(52(46)45-31-36-17-3-4-18-37(36)32-47(45)53)54(50-33-38-19-7-9-22-40(38)42-24-11-12-25-43(42)50)49-30-29-35-16-6-10-23-41(35)51(49)44-26-13-20-34-15-5-8-21-39(34)44/h3-33H,1-2H3. The monoisotopic (exact) mass is 687 g/mol. The van der Waals surface area contributed by atoms with Gasteiger partial charge >= 0.3 is 0 Å². The van der Waals surface area contributed by atoms with E-state index in [1.807, 2.05) is 0 Å². The second kappa shape index (κ2) is 11.7. The molecule has 0 atom stereocenters. The second-order valence-electron chi connectivity index (χ2n) is 15.3. The van der Waals surface area contributed by atoms with E-state index in [9.17, 15) is 0 Å². The van der Waals surface area contributed by atoms with Crippen LogP contribution in [-0.4, -0.2) is 0 Å². The molecule has 10 aromatic rings. The SMILES string of the molecule is CC1(C)c2cc3ccccc3cc2-c2c(N(c3ccc4ccccc4c3-c3cccc4ccccc34)c3cc4ccccc4c4ccccc34)cccc21. The van der Waals surface area contributed by atoms with Crippen molar-refractivity contribution in [2.45, 2.75) is 19.3 Å². The number of rotatable bonds is 4. The fraction of sp³-hybridized carbons (Fsp3) is 0.0566. The minimum absolute atomic E-state index is 0.177. The first kappa shape index (κ1) is 30.9. The number of nitrogens with zero attached hydrogens (tertiary/aromatic N) is 1. The summed E-state index contributed by atoms with van der Waals surface area (Å²) in [7, 11) is 0. The average molecular weight is 688 g/mol. The van der Waals surface area contributed by atoms with Gasteiger partial charge in [0.25, 0.3) is 0 Å². The van der Waals surface area contributed by atoms with Gasteiger partial charge in [0.15, 0.2) is 0 Å². The van der Waals surface area contributed by atoms with Crippen molar-refractivity contribution in [2.24, 2.45) is 0 Å². The second-order valence-corrected chi connectivity index (χ2v) is 15.3. The molecule has 0 fully saturated rings. The lowest BCUT2D eigenvalue weighted by Gasteiger charge is -2.32. The molecule has 1 aliphatic rings. The van der Waals surface area contributed by atoms with Crippen molar-refractivity contribution in [1.82, 2.24) is 0 Å². The molecule has 0 heterocycles. The quantitative estimate of drug-likeness (QED) is 0.167. The molecule has 0 amide bonds. The summed E-state index contributed by atoms with van der Waals surface area (Å²) in [6, 6.07) is 69.9. The number of anilines is 3. The Labute approximate surface area is 315 Å². The summed E-state index contributed by atoms with van der Waals surface area (Å²) < 4.78 is 0. The van der Waals surface area contributed by atoms with E-state index in [4.69, 9.17) is 0 Å². The fourth-order valence-corrected chi connectivity index (χ4v) is 9.42. The summed E-state index contributed by atoms with van der Waals surface area (Å²) in [6.07, 6.45) is 0. The van der Waals surface area contributed by atoms with E-state index in [1.165, 1.54) is 98.6 Å². The van der Waals surface area contributed by atoms with Gasteiger partial charge in [-0.1, -0.05) is 172 Å². The molecule has 0 N–H and O–H groups in total. The van der Waals surface area contributed by atoms with Crippen LogP contribution in [0.2, 0.25) is 0 Å². The predicted octanol–water partition coefficient (Wildman–Crippen LogP) is 14.9. The van der Waals surface area contributed by atoms with Crippen LogP contribution < -0.4 is 4.90 Å². The van der Waals surface area contributed by atoms with E-state index in [1.54, 1.807) is 0 Å². The topological polar surface area (TPSA) is 3.24 Å². The summed E-state index contributed by atoms with van der Waals surface area (Å²) in [5, 5.41) is 12.5. The molecular formula is C53H37N. The Kier molecular flexibility index (Phi) is 6.66. The van der Waals surface area contributed by atoms with Gasteiger partial charge in [0, 0.05) is 21.9 Å². The van der Waals surface area contributed by atoms with Crippen LogP contribution in [0.1, 0.15) is 25.0 Å². The summed E-state index contributed by atoms with van der Waals surface area (Å²) in [5.74, 6) is 0. The lowest BCUT2D eigenvalue weighted by atomic mass is 9.82. The Morgan fingerprint density at radius 2 is 0.870 bits per heavy atom. The molecule has 0 radical (unpaired) electrons. The van der Waals surface area contributed by atoms with Crippen LogP contribution in [0.15, 0.2) is 188 Å². The lowest BCUT2D eigenvalue weighted by Crippen LogP contribution is -2.16. The molecule has 0 saturated carbocycles. The summed E-state index contributed by atoms with van der Waals surface area (Å²) in [6.45, 7) is 4.78. The van der Waals surface area contributed by atoms with Crippen LogP contribution >= 0.6 is 0 Å². The summed E-state index contributed by atoms with van der Waals surface area (Å²) in [5.41, 5.74) is 11.1. The minimum atomic E-state index is -0.177. The molecule has 1 aliphatic carbocycles. The first-order chi connectivity index (χ1) is 26.6. The maximum absolute atomic E-state index is 2.59. The molecule has 0 bridgehead atoms. The van der Waals surface area contributed by atoms with Gasteiger partial charge in [-0.15, -0.1) is 0 Å². The highest BCUT2D eigenvalue weighted by atomic mass is 15.2. The maximum Gasteiger partial charge on any atom is 0.0547 e. The molecular weight excluding hydrogens is 651 g/mol. The van der Waals surface area contributed by atoms with E-state index in [0.29, 0.717) is 0 Å². The van der Waals surface area contributed by atoms with Crippen LogP contribution in [0.4, 0.5) is 17.1 Å². The van der Waals surface area contributed by atoms with Crippen LogP contribution in [0.5, 0.6) is 0 Å². The van der Waals surface area contributed by atoms with Gasteiger partial charge in [0.05, 0.1) is 17.1 Å². The third kappa shape index (κ3) is 4.45. The maximum atomic E-state index is 2.59. The third-order valence-electron chi connectivity index (χ3n) is 12.0. The molecule has 0 aliphatic heterocycles. The fourth-order valence-electron chi connectivity index (χ4n) is 9.42. The number of hydrogen-bond acceptors (Lipinski definition) is 1. The molecule has 0 unspecified atom stereocenters. The van der Waals surface area contributed by atoms with Gasteiger partial charge in [0.1, 0.15) is 0 Å². The smallest absolute Gasteiger partial charge is 0.0547 e. The van der Waals surface area contributed by atoms with Crippen molar-refractivity contribution in [3.63, 3.8) is 0 Å². The van der Waals surface area contributed by atoms with Gasteiger partial charge in [-0.2, -0.15) is 0 Å². The van der Waals surface area contributed by atoms with Crippen molar-refractivity contribution in [1.29, 1.82) is 0 Å². The molecule has 0 aromatic heterocycles. The highest BCUT2D eigenvalue weighted by Gasteiger charge is 2.39. The highest BCUT2D eigenvalue weighted by molar-refractivity contribution is 6.18. The zero-order valence-corrected chi connectivity index (χ0v) is 30.3. The molecule has 10 aromatic carbocycles. The van der Waals surface area contributed by atoms with E-state index in [-0.39, 0.29) is 5.41 Å². The van der Waals surface area contributed by atoms with Crippen molar-refractivity contribution in [3.05, 3.63) is 199 Å². The number of fused-ring (bicyclic) bond motifs is 9. The van der Waals surface area contributed by atoms with Crippen LogP contribution in [-0.2, 0) is 5.41 Å². The molecule has 1 nitrogen and oxygen atoms in total. The van der Waals surface area contributed by atoms with Crippen LogP contribution in [0.25, 0.3) is 76.1 Å². The summed E-state index contributed by atoms with van der Waals surface area (Å²) >= 11 is 0. The van der Waals surface area contributed by atoms with Crippen LogP contribution in [0, 0.1) is 0 Å². The molecule has 0 spiro atoms. The first-order valence-corrected chi connectivity index (χ1v) is 18.9. The van der Waals surface area contributed by atoms with Gasteiger partial charge in [-0.05, 0) is 101 Å². The molecule has 254 valence electrons. The predicted molar refractivity (Wildman–Crippen MR) is 232 cm³/mol. The van der Waals surface area contributed by atoms with Crippen molar-refractivity contribution in [3.8, 4) is 22.3 Å². The Hall–Kier alpha value is -6.70. The zero-order chi connectivity index (χ0) is 36.0. The van der Waals surface area contributed by atoms with E-state index < -0.39 is 0 Å². The third-order valence-corrected chi connectivity index (χ3v) is 12.0. The van der Waals surface area contributed by atoms with Crippen LogP contribution in [0.3, 0.4) is 0 Å². The highest BCUT2D eigenvalue weighted by Crippen LogP contribution is 2.57. The first-order valence-electron chi connectivity index (χ1n) is 18.9. The van der Waals surface area contributed by atoms with E-state index in [2.05, 4.69) is 207 Å². The Morgan fingerprint density at radius 1 is 0.315 bits per heavy atom. The Balaban J connectivity index is 1.32. The van der Waals surface area contributed by atoms with Gasteiger partial charge in [-0.3, -0.25) is 0 Å². The van der Waals surface area contributed by atoms with Crippen molar-refractivity contribution >= 4 is 70.9 Å². The number of hydrogen-bond donors (Lipinski definition) is 0. The lowest BCUT2D eigenvalue weighted by molar-refractivity contribution is 0.661. The van der Waals surface area contributed by atoms with Gasteiger partial charge < -0.3 is 4.90 Å². The largest absolute Gasteiger partial charge is 0.309 e. The molecule has 54 heavy (non-hydrogen) atoms. The average Bonchev–Trinajstić information content (AvgIpc) is 3.45. The van der Waals surface area contributed by atoms with E-state index in [0.717, 1.165) is 5.69 Å². The molecule has 0 saturated heterocycles. The molecule has 11 rings (SSSR count). The number of benzene rings is 10. The van der Waals surface area contributed by atoms with Crippen molar-refractivity contribution < 1.29 is 0 Å². The minimum Gasteiger partial charge on any atom is -0.309 e. The van der Waals surface area contributed by atoms with Gasteiger partial charge in [-0.25, -0.2) is 0 Å². The normalized spacial score (nSPS) is 13.1. The zero-order valence-electron chi connectivity index (χ0n) is 30.3. The molecule has 1 heteroatoms. The Morgan fingerprint density at radius 3 is 1.65 bits per heavy atom. The summed E-state index contributed by atoms with van der Waals surface area (Å²) in [4.78, 5) is 2.59. The van der Waals surface area contributed by atoms with E-state index >= 15 is 0 Å². The van der Waals surface area contributed by atoms with Crippen molar-refractivity contribution in [2.75, 3.05) is 4.90 Å². The Bertz CT molecular complexity index is 3140. The van der Waals surface area contributed by atoms with Gasteiger partial charge in [0.2, 0.25) is 0 Å².